The number of aryl methyl sites for hydroxylation is 1. The molecule has 98 valence electrons. The molecule has 0 atom stereocenters. The highest BCUT2D eigenvalue weighted by Gasteiger charge is 2.02. The average molecular weight is 274 g/mol. The summed E-state index contributed by atoms with van der Waals surface area (Å²) in [4.78, 5) is 11.9. The first-order chi connectivity index (χ1) is 8.79. The molecule has 0 aliphatic carbocycles. The highest BCUT2D eigenvalue weighted by Crippen LogP contribution is 2.06. The van der Waals surface area contributed by atoms with Crippen LogP contribution in [0.2, 0.25) is 0 Å². The molecule has 1 heterocycles. The Balaban J connectivity index is 0.00000180. The van der Waals surface area contributed by atoms with E-state index in [1.54, 1.807) is 12.3 Å². The molecular weight excluding hydrogens is 258 g/mol. The molecule has 0 fully saturated rings. The van der Waals surface area contributed by atoms with E-state index in [0.717, 1.165) is 12.0 Å². The van der Waals surface area contributed by atoms with Crippen molar-refractivity contribution < 1.29 is 21.8 Å². The number of aromatic nitrogens is 1. The number of rotatable bonds is 4. The van der Waals surface area contributed by atoms with Gasteiger partial charge in [-0.2, -0.15) is 4.57 Å². The molecule has 1 aromatic heterocycles. The maximum atomic E-state index is 11.9. The number of pyridine rings is 1. The molecule has 3 heteroatoms. The molecule has 0 saturated heterocycles. The van der Waals surface area contributed by atoms with Crippen molar-refractivity contribution in [1.82, 2.24) is 0 Å². The molecule has 0 amide bonds. The molecule has 0 bridgehead atoms. The summed E-state index contributed by atoms with van der Waals surface area (Å²) < 4.78 is 1.85. The van der Waals surface area contributed by atoms with Crippen molar-refractivity contribution in [1.29, 1.82) is 0 Å². The molecule has 2 aromatic rings. The maximum Gasteiger partial charge on any atom is 0.191 e. The van der Waals surface area contributed by atoms with Gasteiger partial charge in [-0.05, 0) is 12.0 Å². The fourth-order valence-corrected chi connectivity index (χ4v) is 1.67. The second-order valence-corrected chi connectivity index (χ2v) is 4.05. The van der Waals surface area contributed by atoms with E-state index in [1.807, 2.05) is 59.4 Å². The first-order valence-corrected chi connectivity index (χ1v) is 6.07. The Morgan fingerprint density at radius 3 is 2.32 bits per heavy atom. The van der Waals surface area contributed by atoms with Crippen molar-refractivity contribution in [2.24, 2.45) is 0 Å². The van der Waals surface area contributed by atoms with Gasteiger partial charge in [0, 0.05) is 17.7 Å². The molecule has 0 unspecified atom stereocenters. The van der Waals surface area contributed by atoms with Gasteiger partial charge in [0.25, 0.3) is 0 Å². The van der Waals surface area contributed by atoms with Crippen molar-refractivity contribution in [3.8, 4) is 0 Å². The normalized spacial score (nSPS) is 10.2. The number of hydrogen-bond acceptors (Lipinski definition) is 1. The summed E-state index contributed by atoms with van der Waals surface area (Å²) in [6.45, 7) is 2.10. The van der Waals surface area contributed by atoms with E-state index in [4.69, 9.17) is 0 Å². The van der Waals surface area contributed by atoms with Crippen LogP contribution in [0.4, 0.5) is 0 Å². The average Bonchev–Trinajstić information content (AvgIpc) is 2.46. The monoisotopic (exact) mass is 273 g/mol. The predicted octanol–water partition coefficient (Wildman–Crippen LogP) is -0.106. The lowest BCUT2D eigenvalue weighted by molar-refractivity contribution is -0.568. The van der Waals surface area contributed by atoms with Crippen LogP contribution in [0, 0.1) is 0 Å². The van der Waals surface area contributed by atoms with E-state index in [9.17, 15) is 4.79 Å². The third-order valence-corrected chi connectivity index (χ3v) is 2.78. The van der Waals surface area contributed by atoms with E-state index in [2.05, 4.69) is 6.92 Å². The Labute approximate surface area is 119 Å². The van der Waals surface area contributed by atoms with E-state index in [-0.39, 0.29) is 18.2 Å². The smallest absolute Gasteiger partial charge is 0.191 e. The number of carbonyl (C=O) groups is 1. The highest BCUT2D eigenvalue weighted by molar-refractivity contribution is 6.05. The van der Waals surface area contributed by atoms with Crippen molar-refractivity contribution in [3.63, 3.8) is 0 Å². The zero-order valence-electron chi connectivity index (χ0n) is 10.8. The van der Waals surface area contributed by atoms with Gasteiger partial charge in [-0.1, -0.05) is 37.3 Å². The highest BCUT2D eigenvalue weighted by atomic mass is 35.5. The number of benzene rings is 1. The van der Waals surface area contributed by atoms with Gasteiger partial charge in [-0.3, -0.25) is 4.79 Å². The summed E-state index contributed by atoms with van der Waals surface area (Å²) in [5, 5.41) is 0. The molecule has 0 aliphatic heterocycles. The van der Waals surface area contributed by atoms with Gasteiger partial charge in [0.15, 0.2) is 24.4 Å². The van der Waals surface area contributed by atoms with Crippen molar-refractivity contribution in [2.75, 3.05) is 0 Å². The third kappa shape index (κ3) is 4.34. The minimum atomic E-state index is 0. The van der Waals surface area contributed by atoms with E-state index in [1.165, 1.54) is 5.56 Å². The zero-order valence-corrected chi connectivity index (χ0v) is 11.5. The quantitative estimate of drug-likeness (QED) is 0.433. The lowest BCUT2D eigenvalue weighted by Gasteiger charge is -1.97. The Morgan fingerprint density at radius 2 is 1.74 bits per heavy atom. The van der Waals surface area contributed by atoms with Crippen LogP contribution in [0.25, 0.3) is 6.20 Å². The first-order valence-electron chi connectivity index (χ1n) is 6.07. The number of hydrogen-bond donors (Lipinski definition) is 0. The van der Waals surface area contributed by atoms with Gasteiger partial charge < -0.3 is 12.4 Å². The lowest BCUT2D eigenvalue weighted by atomic mass is 10.1. The summed E-state index contributed by atoms with van der Waals surface area (Å²) >= 11 is 0. The summed E-state index contributed by atoms with van der Waals surface area (Å²) in [5.74, 6) is 0.0222. The number of carbonyl (C=O) groups excluding carboxylic acids is 1. The fourth-order valence-electron chi connectivity index (χ4n) is 1.67. The second kappa shape index (κ2) is 7.49. The van der Waals surface area contributed by atoms with Crippen molar-refractivity contribution in [2.45, 2.75) is 13.3 Å². The molecule has 0 N–H and O–H groups in total. The molecule has 0 aliphatic rings. The van der Waals surface area contributed by atoms with Crippen LogP contribution in [-0.4, -0.2) is 5.78 Å². The SMILES string of the molecule is CCc1ccc(C(=O)C=C[n+]2ccccc2)cc1.[Cl-]. The molecule has 0 saturated carbocycles. The minimum absolute atomic E-state index is 0. The molecule has 0 radical (unpaired) electrons. The summed E-state index contributed by atoms with van der Waals surface area (Å²) in [5.41, 5.74) is 1.97. The van der Waals surface area contributed by atoms with Crippen molar-refractivity contribution in [3.05, 3.63) is 72.1 Å². The fraction of sp³-hybridized carbons (Fsp3) is 0.125. The van der Waals surface area contributed by atoms with Crippen LogP contribution in [0.15, 0.2) is 60.9 Å². The van der Waals surface area contributed by atoms with E-state index < -0.39 is 0 Å². The molecular formula is C16H16ClNO. The Morgan fingerprint density at radius 1 is 1.11 bits per heavy atom. The summed E-state index contributed by atoms with van der Waals surface area (Å²) in [6.07, 6.45) is 8.12. The standard InChI is InChI=1S/C16H16NO.ClH/c1-2-14-6-8-15(9-7-14)16(18)10-13-17-11-4-3-5-12-17;/h3-13H,2H2,1H3;1H/q+1;/p-1. The topological polar surface area (TPSA) is 20.9 Å². The predicted molar refractivity (Wildman–Crippen MR) is 72.1 cm³/mol. The van der Waals surface area contributed by atoms with Gasteiger partial charge in [0.1, 0.15) is 0 Å². The first kappa shape index (κ1) is 15.1. The van der Waals surface area contributed by atoms with Crippen LogP contribution >= 0.6 is 0 Å². The molecule has 1 aromatic carbocycles. The van der Waals surface area contributed by atoms with Gasteiger partial charge in [-0.25, -0.2) is 0 Å². The molecule has 2 nitrogen and oxygen atoms in total. The van der Waals surface area contributed by atoms with Gasteiger partial charge in [-0.15, -0.1) is 0 Å². The van der Waals surface area contributed by atoms with Crippen molar-refractivity contribution >= 4 is 12.0 Å². The van der Waals surface area contributed by atoms with Crippen LogP contribution in [0.1, 0.15) is 22.8 Å². The van der Waals surface area contributed by atoms with Crippen LogP contribution in [-0.2, 0) is 6.42 Å². The van der Waals surface area contributed by atoms with Gasteiger partial charge >= 0.3 is 0 Å². The minimum Gasteiger partial charge on any atom is -1.00 e. The Kier molecular flexibility index (Phi) is 5.97. The number of halogens is 1. The number of allylic oxidation sites excluding steroid dienone is 1. The molecule has 19 heavy (non-hydrogen) atoms. The summed E-state index contributed by atoms with van der Waals surface area (Å²) in [6, 6.07) is 13.5. The summed E-state index contributed by atoms with van der Waals surface area (Å²) in [7, 11) is 0. The third-order valence-electron chi connectivity index (χ3n) is 2.78. The van der Waals surface area contributed by atoms with E-state index in [0.29, 0.717) is 0 Å². The molecule has 0 spiro atoms. The van der Waals surface area contributed by atoms with E-state index >= 15 is 0 Å². The largest absolute Gasteiger partial charge is 1.00 e. The van der Waals surface area contributed by atoms with Gasteiger partial charge in [0.05, 0.1) is 6.08 Å². The van der Waals surface area contributed by atoms with Crippen LogP contribution in [0.5, 0.6) is 0 Å². The van der Waals surface area contributed by atoms with Crippen LogP contribution < -0.4 is 17.0 Å². The molecule has 2 rings (SSSR count). The maximum absolute atomic E-state index is 11.9. The zero-order chi connectivity index (χ0) is 12.8. The Hall–Kier alpha value is -1.93. The van der Waals surface area contributed by atoms with Gasteiger partial charge in [0.2, 0.25) is 0 Å². The number of ketones is 1. The second-order valence-electron chi connectivity index (χ2n) is 4.05. The van der Waals surface area contributed by atoms with Crippen LogP contribution in [0.3, 0.4) is 0 Å². The Bertz CT molecular complexity index is 547. The lowest BCUT2D eigenvalue weighted by Crippen LogP contribution is -3.00. The number of nitrogens with zero attached hydrogens (tertiary/aromatic N) is 1.